The SMILES string of the molecule is NC(=O)c1ccc(C[C@H](C(=O)O)N2C(=O)c3ccc(C(=O)O)cc3C2=O)cc1. The number of rotatable bonds is 6. The number of hydrogen-bond donors (Lipinski definition) is 3. The van der Waals surface area contributed by atoms with Crippen molar-refractivity contribution in [1.82, 2.24) is 4.90 Å². The normalized spacial score (nSPS) is 13.9. The van der Waals surface area contributed by atoms with Gasteiger partial charge in [-0.15, -0.1) is 0 Å². The number of amides is 3. The Bertz CT molecular complexity index is 1030. The van der Waals surface area contributed by atoms with Crippen LogP contribution in [0.5, 0.6) is 0 Å². The number of aliphatic carboxylic acids is 1. The first-order valence-electron chi connectivity index (χ1n) is 8.07. The van der Waals surface area contributed by atoms with Gasteiger partial charge in [-0.1, -0.05) is 12.1 Å². The molecule has 0 saturated carbocycles. The number of carbonyl (C=O) groups excluding carboxylic acids is 3. The van der Waals surface area contributed by atoms with Crippen LogP contribution >= 0.6 is 0 Å². The first-order chi connectivity index (χ1) is 13.2. The number of hydrogen-bond acceptors (Lipinski definition) is 5. The van der Waals surface area contributed by atoms with Crippen LogP contribution in [-0.2, 0) is 11.2 Å². The van der Waals surface area contributed by atoms with E-state index in [1.54, 1.807) is 0 Å². The molecule has 0 fully saturated rings. The fourth-order valence-electron chi connectivity index (χ4n) is 2.99. The van der Waals surface area contributed by atoms with E-state index in [1.807, 2.05) is 0 Å². The summed E-state index contributed by atoms with van der Waals surface area (Å²) in [7, 11) is 0. The molecule has 28 heavy (non-hydrogen) atoms. The predicted octanol–water partition coefficient (Wildman–Crippen LogP) is 0.776. The van der Waals surface area contributed by atoms with Gasteiger partial charge in [-0.2, -0.15) is 0 Å². The zero-order valence-electron chi connectivity index (χ0n) is 14.3. The summed E-state index contributed by atoms with van der Waals surface area (Å²) in [6, 6.07) is 7.72. The highest BCUT2D eigenvalue weighted by Crippen LogP contribution is 2.27. The topological polar surface area (TPSA) is 155 Å². The van der Waals surface area contributed by atoms with Gasteiger partial charge in [0.15, 0.2) is 0 Å². The van der Waals surface area contributed by atoms with Crippen molar-refractivity contribution < 1.29 is 34.2 Å². The van der Waals surface area contributed by atoms with E-state index in [-0.39, 0.29) is 28.7 Å². The van der Waals surface area contributed by atoms with Crippen molar-refractivity contribution in [2.24, 2.45) is 5.73 Å². The van der Waals surface area contributed by atoms with E-state index in [0.717, 1.165) is 6.07 Å². The minimum absolute atomic E-state index is 0.0506. The number of nitrogens with zero attached hydrogens (tertiary/aromatic N) is 1. The lowest BCUT2D eigenvalue weighted by atomic mass is 10.0. The minimum Gasteiger partial charge on any atom is -0.480 e. The largest absolute Gasteiger partial charge is 0.480 e. The number of fused-ring (bicyclic) bond motifs is 1. The third-order valence-electron chi connectivity index (χ3n) is 4.43. The molecule has 9 heteroatoms. The molecule has 9 nitrogen and oxygen atoms in total. The summed E-state index contributed by atoms with van der Waals surface area (Å²) in [6.07, 6.45) is -0.189. The van der Waals surface area contributed by atoms with Crippen LogP contribution in [0, 0.1) is 0 Å². The van der Waals surface area contributed by atoms with Gasteiger partial charge >= 0.3 is 11.9 Å². The molecule has 0 radical (unpaired) electrons. The molecule has 0 unspecified atom stereocenters. The summed E-state index contributed by atoms with van der Waals surface area (Å²) in [5, 5.41) is 18.6. The predicted molar refractivity (Wildman–Crippen MR) is 94.0 cm³/mol. The third kappa shape index (κ3) is 3.20. The Hall–Kier alpha value is -4.01. The maximum absolute atomic E-state index is 12.6. The molecule has 0 bridgehead atoms. The highest BCUT2D eigenvalue weighted by Gasteiger charge is 2.43. The molecule has 1 aliphatic heterocycles. The van der Waals surface area contributed by atoms with E-state index in [4.69, 9.17) is 10.8 Å². The number of aromatic carboxylic acids is 1. The summed E-state index contributed by atoms with van der Waals surface area (Å²) < 4.78 is 0. The molecule has 0 spiro atoms. The van der Waals surface area contributed by atoms with Gasteiger partial charge in [-0.05, 0) is 35.9 Å². The van der Waals surface area contributed by atoms with Crippen molar-refractivity contribution in [2.45, 2.75) is 12.5 Å². The van der Waals surface area contributed by atoms with Crippen LogP contribution in [0.3, 0.4) is 0 Å². The zero-order chi connectivity index (χ0) is 20.6. The van der Waals surface area contributed by atoms with Gasteiger partial charge < -0.3 is 15.9 Å². The van der Waals surface area contributed by atoms with Crippen LogP contribution in [0.1, 0.15) is 47.0 Å². The van der Waals surface area contributed by atoms with Crippen LogP contribution in [0.25, 0.3) is 0 Å². The molecule has 1 heterocycles. The molecule has 2 aromatic carbocycles. The van der Waals surface area contributed by atoms with E-state index in [9.17, 15) is 29.1 Å². The Morgan fingerprint density at radius 3 is 2.00 bits per heavy atom. The number of carbonyl (C=O) groups is 5. The lowest BCUT2D eigenvalue weighted by Gasteiger charge is -2.22. The number of benzene rings is 2. The van der Waals surface area contributed by atoms with Crippen molar-refractivity contribution in [1.29, 1.82) is 0 Å². The molecule has 0 aliphatic carbocycles. The standard InChI is InChI=1S/C19H14N2O7/c20-15(22)10-3-1-9(2-4-10)7-14(19(27)28)21-16(23)12-6-5-11(18(25)26)8-13(12)17(21)24/h1-6,8,14H,7H2,(H2,20,22)(H,25,26)(H,27,28)/t14-/m1/s1. The smallest absolute Gasteiger partial charge is 0.335 e. The Kier molecular flexibility index (Phi) is 4.66. The van der Waals surface area contributed by atoms with Gasteiger partial charge in [0.25, 0.3) is 11.8 Å². The van der Waals surface area contributed by atoms with Crippen molar-refractivity contribution >= 4 is 29.7 Å². The van der Waals surface area contributed by atoms with Crippen LogP contribution in [-0.4, -0.2) is 50.8 Å². The van der Waals surface area contributed by atoms with Gasteiger partial charge in [-0.25, -0.2) is 9.59 Å². The van der Waals surface area contributed by atoms with Crippen molar-refractivity contribution in [3.8, 4) is 0 Å². The minimum atomic E-state index is -1.50. The molecule has 3 amide bonds. The van der Waals surface area contributed by atoms with Gasteiger partial charge in [0, 0.05) is 12.0 Å². The Labute approximate surface area is 158 Å². The molecule has 0 aromatic heterocycles. The third-order valence-corrected chi connectivity index (χ3v) is 4.43. The summed E-state index contributed by atoms with van der Waals surface area (Å²) in [6.45, 7) is 0. The van der Waals surface area contributed by atoms with E-state index in [0.29, 0.717) is 10.5 Å². The highest BCUT2D eigenvalue weighted by molar-refractivity contribution is 6.23. The van der Waals surface area contributed by atoms with E-state index >= 15 is 0 Å². The summed E-state index contributed by atoms with van der Waals surface area (Å²) in [4.78, 5) is 59.9. The maximum atomic E-state index is 12.6. The second-order valence-electron chi connectivity index (χ2n) is 6.17. The quantitative estimate of drug-likeness (QED) is 0.623. The number of imide groups is 1. The zero-order valence-corrected chi connectivity index (χ0v) is 14.3. The number of nitrogens with two attached hydrogens (primary N) is 1. The van der Waals surface area contributed by atoms with Gasteiger partial charge in [0.2, 0.25) is 5.91 Å². The molecule has 142 valence electrons. The molecular weight excluding hydrogens is 368 g/mol. The van der Waals surface area contributed by atoms with Crippen molar-refractivity contribution in [2.75, 3.05) is 0 Å². The Morgan fingerprint density at radius 1 is 0.893 bits per heavy atom. The van der Waals surface area contributed by atoms with E-state index in [2.05, 4.69) is 0 Å². The maximum Gasteiger partial charge on any atom is 0.335 e. The van der Waals surface area contributed by atoms with Crippen LogP contribution in [0.15, 0.2) is 42.5 Å². The average molecular weight is 382 g/mol. The molecule has 2 aromatic rings. The second kappa shape index (κ2) is 6.95. The lowest BCUT2D eigenvalue weighted by Crippen LogP contribution is -2.46. The fourth-order valence-corrected chi connectivity index (χ4v) is 2.99. The molecule has 3 rings (SSSR count). The highest BCUT2D eigenvalue weighted by atomic mass is 16.4. The van der Waals surface area contributed by atoms with Gasteiger partial charge in [0.05, 0.1) is 16.7 Å². The van der Waals surface area contributed by atoms with Crippen molar-refractivity contribution in [3.63, 3.8) is 0 Å². The molecule has 4 N–H and O–H groups in total. The number of primary amides is 1. The van der Waals surface area contributed by atoms with Crippen LogP contribution < -0.4 is 5.73 Å². The van der Waals surface area contributed by atoms with Crippen LogP contribution in [0.2, 0.25) is 0 Å². The number of carboxylic acid groups (broad SMARTS) is 2. The van der Waals surface area contributed by atoms with Crippen molar-refractivity contribution in [3.05, 3.63) is 70.3 Å². The Balaban J connectivity index is 1.93. The monoisotopic (exact) mass is 382 g/mol. The molecule has 1 atom stereocenters. The average Bonchev–Trinajstić information content (AvgIpc) is 2.90. The van der Waals surface area contributed by atoms with E-state index in [1.165, 1.54) is 36.4 Å². The molecule has 1 aliphatic rings. The summed E-state index contributed by atoms with van der Waals surface area (Å²) in [5.41, 5.74) is 5.48. The summed E-state index contributed by atoms with van der Waals surface area (Å²) in [5.74, 6) is -4.99. The number of carboxylic acids is 2. The second-order valence-corrected chi connectivity index (χ2v) is 6.17. The van der Waals surface area contributed by atoms with Gasteiger partial charge in [-0.3, -0.25) is 19.3 Å². The fraction of sp³-hybridized carbons (Fsp3) is 0.105. The van der Waals surface area contributed by atoms with Crippen LogP contribution in [0.4, 0.5) is 0 Å². The molecular formula is C19H14N2O7. The first kappa shape index (κ1) is 18.8. The Morgan fingerprint density at radius 2 is 1.46 bits per heavy atom. The first-order valence-corrected chi connectivity index (χ1v) is 8.07. The summed E-state index contributed by atoms with van der Waals surface area (Å²) >= 11 is 0. The van der Waals surface area contributed by atoms with Gasteiger partial charge in [0.1, 0.15) is 6.04 Å². The molecule has 0 saturated heterocycles. The van der Waals surface area contributed by atoms with E-state index < -0.39 is 35.7 Å². The lowest BCUT2D eigenvalue weighted by molar-refractivity contribution is -0.141.